The molecule has 1 saturated heterocycles. The van der Waals surface area contributed by atoms with Crippen LogP contribution in [-0.4, -0.2) is 37.3 Å². The normalized spacial score (nSPS) is 18.6. The molecule has 1 heterocycles. The minimum atomic E-state index is -0.0788. The molecule has 104 valence electrons. The Kier molecular flexibility index (Phi) is 4.27. The van der Waals surface area contributed by atoms with Gasteiger partial charge in [-0.1, -0.05) is 0 Å². The summed E-state index contributed by atoms with van der Waals surface area (Å²) in [7, 11) is 0. The molecule has 1 atom stereocenters. The standard InChI is InChI=1S/C14H21N3O2/c1-2-16-14(19)12-4-3-11(15)7-13(12)17-6-5-10(8-17)9-18/h3-4,7,10,18H,2,5-6,8-9,15H2,1H3,(H,16,19). The average Bonchev–Trinajstić information content (AvgIpc) is 2.87. The van der Waals surface area contributed by atoms with Crippen LogP contribution in [0.2, 0.25) is 0 Å². The fraction of sp³-hybridized carbons (Fsp3) is 0.500. The highest BCUT2D eigenvalue weighted by molar-refractivity contribution is 6.00. The molecule has 1 aliphatic rings. The molecule has 2 rings (SSSR count). The number of anilines is 2. The van der Waals surface area contributed by atoms with E-state index in [1.165, 1.54) is 0 Å². The van der Waals surface area contributed by atoms with Crippen LogP contribution in [0.1, 0.15) is 23.7 Å². The first kappa shape index (κ1) is 13.7. The van der Waals surface area contributed by atoms with Gasteiger partial charge >= 0.3 is 0 Å². The Morgan fingerprint density at radius 3 is 3.00 bits per heavy atom. The lowest BCUT2D eigenvalue weighted by atomic mass is 10.1. The van der Waals surface area contributed by atoms with E-state index in [1.807, 2.05) is 13.0 Å². The predicted molar refractivity (Wildman–Crippen MR) is 76.3 cm³/mol. The number of nitrogen functional groups attached to an aromatic ring is 1. The lowest BCUT2D eigenvalue weighted by Crippen LogP contribution is -2.28. The van der Waals surface area contributed by atoms with Gasteiger partial charge in [-0.2, -0.15) is 0 Å². The van der Waals surface area contributed by atoms with Gasteiger partial charge in [0.15, 0.2) is 0 Å². The molecule has 0 aliphatic carbocycles. The zero-order valence-electron chi connectivity index (χ0n) is 11.2. The molecule has 0 saturated carbocycles. The summed E-state index contributed by atoms with van der Waals surface area (Å²) >= 11 is 0. The van der Waals surface area contributed by atoms with Crippen LogP contribution in [0.15, 0.2) is 18.2 Å². The van der Waals surface area contributed by atoms with Crippen molar-refractivity contribution >= 4 is 17.3 Å². The van der Waals surface area contributed by atoms with Gasteiger partial charge in [0.1, 0.15) is 0 Å². The molecule has 5 nitrogen and oxygen atoms in total. The molecule has 1 unspecified atom stereocenters. The first-order valence-electron chi connectivity index (χ1n) is 6.69. The van der Waals surface area contributed by atoms with Crippen molar-refractivity contribution in [3.8, 4) is 0 Å². The molecule has 19 heavy (non-hydrogen) atoms. The summed E-state index contributed by atoms with van der Waals surface area (Å²) in [5.74, 6) is 0.202. The Balaban J connectivity index is 2.27. The minimum absolute atomic E-state index is 0.0788. The summed E-state index contributed by atoms with van der Waals surface area (Å²) in [6.45, 7) is 4.30. The zero-order chi connectivity index (χ0) is 13.8. The molecule has 0 radical (unpaired) electrons. The van der Waals surface area contributed by atoms with E-state index in [4.69, 9.17) is 5.73 Å². The van der Waals surface area contributed by atoms with Gasteiger partial charge in [-0.3, -0.25) is 4.79 Å². The van der Waals surface area contributed by atoms with Crippen molar-refractivity contribution in [2.75, 3.05) is 36.9 Å². The fourth-order valence-electron chi connectivity index (χ4n) is 2.46. The molecule has 4 N–H and O–H groups in total. The van der Waals surface area contributed by atoms with Crippen molar-refractivity contribution in [3.63, 3.8) is 0 Å². The van der Waals surface area contributed by atoms with Gasteiger partial charge < -0.3 is 21.1 Å². The van der Waals surface area contributed by atoms with Crippen LogP contribution in [0.3, 0.4) is 0 Å². The number of carbonyl (C=O) groups is 1. The SMILES string of the molecule is CCNC(=O)c1ccc(N)cc1N1CCC(CO)C1. The number of amides is 1. The third-order valence-electron chi connectivity index (χ3n) is 3.49. The van der Waals surface area contributed by atoms with Gasteiger partial charge in [-0.25, -0.2) is 0 Å². The molecule has 1 amide bonds. The molecule has 1 aromatic carbocycles. The summed E-state index contributed by atoms with van der Waals surface area (Å²) in [5, 5.41) is 12.0. The van der Waals surface area contributed by atoms with Crippen LogP contribution in [0.25, 0.3) is 0 Å². The maximum Gasteiger partial charge on any atom is 0.253 e. The monoisotopic (exact) mass is 263 g/mol. The third kappa shape index (κ3) is 2.98. The second-order valence-electron chi connectivity index (χ2n) is 4.92. The Morgan fingerprint density at radius 2 is 2.37 bits per heavy atom. The second-order valence-corrected chi connectivity index (χ2v) is 4.92. The number of nitrogens with one attached hydrogen (secondary N) is 1. The number of nitrogens with two attached hydrogens (primary N) is 1. The molecule has 1 aliphatic heterocycles. The molecule has 5 heteroatoms. The third-order valence-corrected chi connectivity index (χ3v) is 3.49. The maximum atomic E-state index is 12.1. The first-order chi connectivity index (χ1) is 9.15. The number of carbonyl (C=O) groups excluding carboxylic acids is 1. The molecule has 0 aromatic heterocycles. The van der Waals surface area contributed by atoms with Crippen LogP contribution in [0.5, 0.6) is 0 Å². The number of nitrogens with zero attached hydrogens (tertiary/aromatic N) is 1. The number of aliphatic hydroxyl groups excluding tert-OH is 1. The summed E-state index contributed by atoms with van der Waals surface area (Å²) in [6.07, 6.45) is 0.945. The molecular formula is C14H21N3O2. The fourth-order valence-corrected chi connectivity index (χ4v) is 2.46. The van der Waals surface area contributed by atoms with Crippen LogP contribution in [0, 0.1) is 5.92 Å². The van der Waals surface area contributed by atoms with Crippen molar-refractivity contribution in [1.82, 2.24) is 5.32 Å². The molecule has 0 spiro atoms. The van der Waals surface area contributed by atoms with Gasteiger partial charge in [0.2, 0.25) is 0 Å². The quantitative estimate of drug-likeness (QED) is 0.703. The van der Waals surface area contributed by atoms with Gasteiger partial charge in [0.05, 0.1) is 11.3 Å². The summed E-state index contributed by atoms with van der Waals surface area (Å²) in [5.41, 5.74) is 7.99. The van der Waals surface area contributed by atoms with Crippen molar-refractivity contribution in [1.29, 1.82) is 0 Å². The molecular weight excluding hydrogens is 242 g/mol. The van der Waals surface area contributed by atoms with Gasteiger partial charge in [0, 0.05) is 37.8 Å². The Morgan fingerprint density at radius 1 is 1.58 bits per heavy atom. The number of hydrogen-bond donors (Lipinski definition) is 3. The lowest BCUT2D eigenvalue weighted by Gasteiger charge is -2.22. The number of benzene rings is 1. The average molecular weight is 263 g/mol. The number of hydrogen-bond acceptors (Lipinski definition) is 4. The van der Waals surface area contributed by atoms with Crippen LogP contribution in [0.4, 0.5) is 11.4 Å². The van der Waals surface area contributed by atoms with E-state index in [-0.39, 0.29) is 18.4 Å². The highest BCUT2D eigenvalue weighted by Crippen LogP contribution is 2.29. The van der Waals surface area contributed by atoms with Crippen molar-refractivity contribution in [3.05, 3.63) is 23.8 Å². The number of rotatable bonds is 4. The maximum absolute atomic E-state index is 12.1. The highest BCUT2D eigenvalue weighted by atomic mass is 16.3. The number of aliphatic hydroxyl groups is 1. The predicted octanol–water partition coefficient (Wildman–Crippen LogP) is 0.837. The van der Waals surface area contributed by atoms with E-state index >= 15 is 0 Å². The first-order valence-corrected chi connectivity index (χ1v) is 6.69. The van der Waals surface area contributed by atoms with Gasteiger partial charge in [0.25, 0.3) is 5.91 Å². The lowest BCUT2D eigenvalue weighted by molar-refractivity contribution is 0.0956. The van der Waals surface area contributed by atoms with E-state index in [0.29, 0.717) is 17.8 Å². The Labute approximate surface area is 113 Å². The van der Waals surface area contributed by atoms with E-state index < -0.39 is 0 Å². The summed E-state index contributed by atoms with van der Waals surface area (Å²) in [4.78, 5) is 14.2. The van der Waals surface area contributed by atoms with Crippen LogP contribution >= 0.6 is 0 Å². The van der Waals surface area contributed by atoms with Gasteiger partial charge in [-0.05, 0) is 31.5 Å². The highest BCUT2D eigenvalue weighted by Gasteiger charge is 2.25. The molecule has 1 fully saturated rings. The summed E-state index contributed by atoms with van der Waals surface area (Å²) in [6, 6.07) is 5.35. The molecule has 0 bridgehead atoms. The minimum Gasteiger partial charge on any atom is -0.399 e. The Bertz CT molecular complexity index is 462. The van der Waals surface area contributed by atoms with E-state index in [2.05, 4.69) is 10.2 Å². The van der Waals surface area contributed by atoms with Crippen molar-refractivity contribution in [2.45, 2.75) is 13.3 Å². The van der Waals surface area contributed by atoms with Crippen LogP contribution < -0.4 is 16.0 Å². The smallest absolute Gasteiger partial charge is 0.253 e. The van der Waals surface area contributed by atoms with Gasteiger partial charge in [-0.15, -0.1) is 0 Å². The van der Waals surface area contributed by atoms with Crippen molar-refractivity contribution in [2.24, 2.45) is 5.92 Å². The van der Waals surface area contributed by atoms with E-state index in [1.54, 1.807) is 12.1 Å². The topological polar surface area (TPSA) is 78.6 Å². The van der Waals surface area contributed by atoms with Crippen LogP contribution in [-0.2, 0) is 0 Å². The second kappa shape index (κ2) is 5.93. The Hall–Kier alpha value is -1.75. The van der Waals surface area contributed by atoms with E-state index in [9.17, 15) is 9.90 Å². The largest absolute Gasteiger partial charge is 0.399 e. The zero-order valence-corrected chi connectivity index (χ0v) is 11.2. The molecule has 1 aromatic rings. The summed E-state index contributed by atoms with van der Waals surface area (Å²) < 4.78 is 0. The van der Waals surface area contributed by atoms with E-state index in [0.717, 1.165) is 25.2 Å². The van der Waals surface area contributed by atoms with Crippen molar-refractivity contribution < 1.29 is 9.90 Å².